The number of nitrogens with zero attached hydrogens (tertiary/aromatic N) is 3. The molecular weight excluding hydrogens is 711 g/mol. The van der Waals surface area contributed by atoms with Crippen LogP contribution in [0.2, 0.25) is 0 Å². The van der Waals surface area contributed by atoms with Crippen molar-refractivity contribution in [2.24, 2.45) is 5.92 Å². The molecule has 2 heterocycles. The molecule has 4 atom stereocenters. The van der Waals surface area contributed by atoms with E-state index in [0.29, 0.717) is 11.1 Å². The molecule has 0 bridgehead atoms. The number of carbonyl (C=O) groups is 3. The summed E-state index contributed by atoms with van der Waals surface area (Å²) in [4.78, 5) is 50.8. The number of urea groups is 1. The maximum Gasteiger partial charge on any atom is 0.407 e. The maximum absolute atomic E-state index is 13.9. The Morgan fingerprint density at radius 1 is 0.904 bits per heavy atom. The van der Waals surface area contributed by atoms with Gasteiger partial charge in [0.25, 0.3) is 0 Å². The number of ether oxygens (including phenoxy) is 1. The van der Waals surface area contributed by atoms with Gasteiger partial charge >= 0.3 is 12.1 Å². The highest BCUT2D eigenvalue weighted by molar-refractivity contribution is 7.09. The molecule has 0 saturated carbocycles. The van der Waals surface area contributed by atoms with E-state index >= 15 is 0 Å². The van der Waals surface area contributed by atoms with Crippen LogP contribution in [0.3, 0.4) is 0 Å². The van der Waals surface area contributed by atoms with Gasteiger partial charge in [0.15, 0.2) is 0 Å². The van der Waals surface area contributed by atoms with Crippen molar-refractivity contribution in [1.82, 2.24) is 30.8 Å². The van der Waals surface area contributed by atoms with E-state index in [1.807, 2.05) is 19.2 Å². The van der Waals surface area contributed by atoms with Gasteiger partial charge in [0.05, 0.1) is 39.8 Å². The quantitative estimate of drug-likeness (QED) is 0.101. The summed E-state index contributed by atoms with van der Waals surface area (Å²) in [5, 5.41) is 23.1. The Balaban J connectivity index is 1.49. The minimum absolute atomic E-state index is 0.0145. The number of amides is 4. The van der Waals surface area contributed by atoms with Crippen molar-refractivity contribution in [2.45, 2.75) is 90.3 Å². The van der Waals surface area contributed by atoms with E-state index in [1.54, 1.807) is 43.0 Å². The Kier molecular flexibility index (Phi) is 15.0. The van der Waals surface area contributed by atoms with Crippen LogP contribution in [0.5, 0.6) is 0 Å². The molecule has 0 aliphatic heterocycles. The smallest absolute Gasteiger partial charge is 0.407 e. The first-order valence-electron chi connectivity index (χ1n) is 17.0. The molecule has 15 heteroatoms. The number of benzene rings is 2. The zero-order chi connectivity index (χ0) is 37.8. The second-order valence-electron chi connectivity index (χ2n) is 13.3. The molecule has 52 heavy (non-hydrogen) atoms. The molecule has 0 saturated heterocycles. The Morgan fingerprint density at radius 3 is 2.10 bits per heavy atom. The number of aromatic nitrogens is 2. The average molecular weight is 757 g/mol. The third-order valence-corrected chi connectivity index (χ3v) is 10.2. The van der Waals surface area contributed by atoms with Gasteiger partial charge in [0, 0.05) is 30.6 Å². The number of halogens is 2. The van der Waals surface area contributed by atoms with Gasteiger partial charge in [-0.05, 0) is 60.6 Å². The predicted octanol–water partition coefficient (Wildman–Crippen LogP) is 6.18. The van der Waals surface area contributed by atoms with Crippen molar-refractivity contribution in [3.63, 3.8) is 0 Å². The molecule has 0 unspecified atom stereocenters. The number of nitrogens with one attached hydrogen (secondary N) is 3. The molecule has 2 aromatic carbocycles. The van der Waals surface area contributed by atoms with E-state index in [0.717, 1.165) is 15.6 Å². The number of alkyl carbamates (subject to hydrolysis) is 1. The van der Waals surface area contributed by atoms with Gasteiger partial charge in [0.1, 0.15) is 24.3 Å². The lowest BCUT2D eigenvalue weighted by atomic mass is 9.93. The van der Waals surface area contributed by atoms with Crippen molar-refractivity contribution < 1.29 is 33.0 Å². The average Bonchev–Trinajstić information content (AvgIpc) is 3.80. The van der Waals surface area contributed by atoms with Gasteiger partial charge in [-0.15, -0.1) is 22.7 Å². The van der Waals surface area contributed by atoms with Crippen LogP contribution in [0.25, 0.3) is 0 Å². The minimum atomic E-state index is -1.22. The van der Waals surface area contributed by atoms with Gasteiger partial charge in [-0.3, -0.25) is 9.78 Å². The van der Waals surface area contributed by atoms with E-state index in [2.05, 4.69) is 39.8 Å². The molecule has 4 amide bonds. The van der Waals surface area contributed by atoms with E-state index in [9.17, 15) is 28.3 Å². The molecular formula is C37H46F2N6O5S2. The molecule has 0 spiro atoms. The van der Waals surface area contributed by atoms with Gasteiger partial charge in [-0.25, -0.2) is 23.4 Å². The monoisotopic (exact) mass is 756 g/mol. The van der Waals surface area contributed by atoms with Crippen molar-refractivity contribution in [2.75, 3.05) is 7.05 Å². The fourth-order valence-corrected chi connectivity index (χ4v) is 6.73. The molecule has 2 aromatic heterocycles. The fourth-order valence-electron chi connectivity index (χ4n) is 5.40. The summed E-state index contributed by atoms with van der Waals surface area (Å²) in [6, 6.07) is 8.49. The van der Waals surface area contributed by atoms with Crippen molar-refractivity contribution in [1.29, 1.82) is 0 Å². The molecule has 0 radical (unpaired) electrons. The van der Waals surface area contributed by atoms with E-state index in [1.165, 1.54) is 51.8 Å². The summed E-state index contributed by atoms with van der Waals surface area (Å²) in [5.41, 5.74) is 3.71. The normalized spacial score (nSPS) is 13.7. The zero-order valence-corrected chi connectivity index (χ0v) is 31.5. The highest BCUT2D eigenvalue weighted by atomic mass is 32.1. The van der Waals surface area contributed by atoms with E-state index < -0.39 is 53.9 Å². The number of thiazole rings is 2. The first kappa shape index (κ1) is 40.3. The van der Waals surface area contributed by atoms with Crippen LogP contribution >= 0.6 is 22.7 Å². The molecule has 0 fully saturated rings. The SMILES string of the molecule is CC(C)c1nc(CN(C)C(=O)N[C@H](C(=O)N[C@@H](Cc2ccc(F)cc2)C[C@H](O)[C@H](Cc2ccc(F)cc2)NC(=O)OCc2cncs2)C(C)C)cs1. The lowest BCUT2D eigenvalue weighted by Gasteiger charge is -2.30. The van der Waals surface area contributed by atoms with Crippen molar-refractivity contribution in [3.05, 3.63) is 104 Å². The molecule has 4 rings (SSSR count). The fraction of sp³-hybridized carbons (Fsp3) is 0.432. The standard InChI is InChI=1S/C37H46F2N6O5S2/c1-22(2)33(44-36(48)45(5)18-29-20-51-35(42-29)23(3)4)34(47)41-28(14-24-6-10-26(38)11-7-24)16-32(46)31(15-25-8-12-27(39)13-9-25)43-37(49)50-19-30-17-40-21-52-30/h6-13,17,20-23,28,31-33,46H,14-16,18-19H2,1-5H3,(H,41,47)(H,43,49)(H,44,48)/t28-,31-,32-,33-/m0/s1. The predicted molar refractivity (Wildman–Crippen MR) is 197 cm³/mol. The van der Waals surface area contributed by atoms with Crippen LogP contribution in [0.1, 0.15) is 66.7 Å². The van der Waals surface area contributed by atoms with Gasteiger partial charge in [-0.1, -0.05) is 52.0 Å². The van der Waals surface area contributed by atoms with E-state index in [4.69, 9.17) is 4.74 Å². The highest BCUT2D eigenvalue weighted by Gasteiger charge is 2.31. The van der Waals surface area contributed by atoms with Crippen LogP contribution in [0.15, 0.2) is 65.6 Å². The Morgan fingerprint density at radius 2 is 1.54 bits per heavy atom. The third kappa shape index (κ3) is 12.6. The third-order valence-electron chi connectivity index (χ3n) is 8.27. The summed E-state index contributed by atoms with van der Waals surface area (Å²) in [6.07, 6.45) is -0.113. The van der Waals surface area contributed by atoms with Gasteiger partial charge < -0.3 is 30.7 Å². The lowest BCUT2D eigenvalue weighted by Crippen LogP contribution is -2.55. The first-order valence-corrected chi connectivity index (χ1v) is 18.8. The van der Waals surface area contributed by atoms with Crippen LogP contribution < -0.4 is 16.0 Å². The summed E-state index contributed by atoms with van der Waals surface area (Å²) in [7, 11) is 1.63. The summed E-state index contributed by atoms with van der Waals surface area (Å²) < 4.78 is 32.8. The van der Waals surface area contributed by atoms with E-state index in [-0.39, 0.29) is 44.2 Å². The Hall–Kier alpha value is -4.47. The Bertz CT molecular complexity index is 1720. The molecule has 280 valence electrons. The zero-order valence-electron chi connectivity index (χ0n) is 29.8. The molecule has 4 N–H and O–H groups in total. The molecule has 0 aliphatic rings. The molecule has 4 aromatic rings. The number of carbonyl (C=O) groups excluding carboxylic acids is 3. The number of aliphatic hydroxyl groups is 1. The number of rotatable bonds is 17. The summed E-state index contributed by atoms with van der Waals surface area (Å²) in [6.45, 7) is 7.97. The largest absolute Gasteiger partial charge is 0.444 e. The highest BCUT2D eigenvalue weighted by Crippen LogP contribution is 2.20. The molecule has 11 nitrogen and oxygen atoms in total. The van der Waals surface area contributed by atoms with Crippen LogP contribution in [-0.2, 0) is 35.5 Å². The van der Waals surface area contributed by atoms with Crippen LogP contribution in [-0.4, -0.2) is 69.3 Å². The maximum atomic E-state index is 13.9. The Labute approximate surface area is 310 Å². The summed E-state index contributed by atoms with van der Waals surface area (Å²) in [5.74, 6) is -1.36. The van der Waals surface area contributed by atoms with Gasteiger partial charge in [-0.2, -0.15) is 0 Å². The van der Waals surface area contributed by atoms with Crippen molar-refractivity contribution in [3.8, 4) is 0 Å². The topological polar surface area (TPSA) is 146 Å². The van der Waals surface area contributed by atoms with Crippen molar-refractivity contribution >= 4 is 40.7 Å². The molecule has 0 aliphatic carbocycles. The lowest BCUT2D eigenvalue weighted by molar-refractivity contribution is -0.124. The number of aliphatic hydroxyl groups excluding tert-OH is 1. The van der Waals surface area contributed by atoms with Crippen LogP contribution in [0.4, 0.5) is 18.4 Å². The minimum Gasteiger partial charge on any atom is -0.444 e. The summed E-state index contributed by atoms with van der Waals surface area (Å²) >= 11 is 2.86. The number of hydrogen-bond acceptors (Lipinski definition) is 9. The van der Waals surface area contributed by atoms with Gasteiger partial charge in [0.2, 0.25) is 5.91 Å². The number of hydrogen-bond donors (Lipinski definition) is 4. The second-order valence-corrected chi connectivity index (χ2v) is 15.2. The second kappa shape index (κ2) is 19.4. The first-order chi connectivity index (χ1) is 24.8. The van der Waals surface area contributed by atoms with Crippen LogP contribution in [0, 0.1) is 17.6 Å².